The number of aliphatic carboxylic acids is 2. The van der Waals surface area contributed by atoms with E-state index < -0.39 is 121 Å². The van der Waals surface area contributed by atoms with Gasteiger partial charge >= 0.3 is 11.9 Å². The summed E-state index contributed by atoms with van der Waals surface area (Å²) in [5.41, 5.74) is 5.86. The Balaban J connectivity index is 3.36. The van der Waals surface area contributed by atoms with Gasteiger partial charge in [0.1, 0.15) is 42.8 Å². The minimum absolute atomic E-state index is 0.0493. The Morgan fingerprint density at radius 1 is 0.655 bits per heavy atom. The molecule has 6 atom stereocenters. The summed E-state index contributed by atoms with van der Waals surface area (Å²) in [5, 5.41) is 34.6. The standard InChI is InChI=1S/C35H51N9O13S/c1-18(2)14-24(41-30(51)19(3)38-32(53)22(39-20(4)45)11-13-28(47)48)34(55)42-25(15-21-8-6-5-7-9-21)35(56)40-23(10-12-27(36)46)33(54)43-26(17-58-44-57)31(52)37-16-29(49)50/h5-9,18-19,22-26H,10-17H2,1-4H3,(H2,36,46)(H,37,52)(H,38,53)(H,39,45)(H,40,56)(H,41,51)(H,42,55)(H,43,54)(H,47,48)(H,49,50)/t19-,22-,23-,24-,25-,26-/m0/s1. The average Bonchev–Trinajstić information content (AvgIpc) is 3.14. The lowest BCUT2D eigenvalue weighted by atomic mass is 10.00. The second kappa shape index (κ2) is 25.9. The summed E-state index contributed by atoms with van der Waals surface area (Å²) in [6.07, 6.45) is -1.60. The predicted molar refractivity (Wildman–Crippen MR) is 207 cm³/mol. The number of carboxylic acids is 2. The summed E-state index contributed by atoms with van der Waals surface area (Å²) in [5.74, 6) is -10.1. The van der Waals surface area contributed by atoms with Gasteiger partial charge in [-0.25, -0.2) is 0 Å². The fourth-order valence-electron chi connectivity index (χ4n) is 5.17. The number of hydrogen-bond donors (Lipinski definition) is 10. The molecule has 0 aromatic heterocycles. The maximum atomic E-state index is 13.9. The SMILES string of the molecule is CC(=O)N[C@@H](CCC(=O)O)C(=O)N[C@@H](C)C(=O)N[C@@H](CC(C)C)C(=O)N[C@@H](Cc1ccccc1)C(=O)N[C@@H](CCC(N)=O)C(=O)N[C@@H](CSN=O)C(=O)NCC(=O)O. The van der Waals surface area contributed by atoms with Crippen LogP contribution in [0, 0.1) is 10.8 Å². The molecule has 320 valence electrons. The molecule has 0 aliphatic heterocycles. The van der Waals surface area contributed by atoms with Crippen molar-refractivity contribution < 1.29 is 58.2 Å². The summed E-state index contributed by atoms with van der Waals surface area (Å²) in [7, 11) is 0. The molecule has 22 nitrogen and oxygen atoms in total. The molecule has 0 spiro atoms. The third kappa shape index (κ3) is 20.2. The summed E-state index contributed by atoms with van der Waals surface area (Å²) in [4.78, 5) is 136. The fraction of sp³-hybridized carbons (Fsp3) is 0.543. The zero-order valence-electron chi connectivity index (χ0n) is 32.4. The number of rotatable bonds is 27. The van der Waals surface area contributed by atoms with E-state index >= 15 is 0 Å². The Kier molecular flexibility index (Phi) is 22.3. The molecule has 0 bridgehead atoms. The number of carbonyl (C=O) groups is 10. The largest absolute Gasteiger partial charge is 0.481 e. The molecule has 0 aliphatic carbocycles. The van der Waals surface area contributed by atoms with Crippen LogP contribution in [0.2, 0.25) is 0 Å². The quantitative estimate of drug-likeness (QED) is 0.0338. The lowest BCUT2D eigenvalue weighted by Gasteiger charge is -2.27. The van der Waals surface area contributed by atoms with Crippen LogP contribution in [0.1, 0.15) is 65.4 Å². The molecule has 8 amide bonds. The molecule has 0 fully saturated rings. The molecule has 1 aromatic carbocycles. The van der Waals surface area contributed by atoms with Gasteiger partial charge in [-0.3, -0.25) is 47.9 Å². The van der Waals surface area contributed by atoms with E-state index in [2.05, 4.69) is 41.8 Å². The van der Waals surface area contributed by atoms with Crippen LogP contribution in [0.3, 0.4) is 0 Å². The molecule has 1 rings (SSSR count). The number of benzene rings is 1. The number of amides is 8. The highest BCUT2D eigenvalue weighted by Crippen LogP contribution is 2.11. The Labute approximate surface area is 337 Å². The summed E-state index contributed by atoms with van der Waals surface area (Å²) >= 11 is 0.351. The first kappa shape index (κ1) is 49.9. The first-order valence-electron chi connectivity index (χ1n) is 18.0. The summed E-state index contributed by atoms with van der Waals surface area (Å²) in [6.45, 7) is 5.13. The number of carbonyl (C=O) groups excluding carboxylic acids is 8. The van der Waals surface area contributed by atoms with Gasteiger partial charge in [-0.2, -0.15) is 0 Å². The normalized spacial score (nSPS) is 13.8. The van der Waals surface area contributed by atoms with E-state index in [1.165, 1.54) is 6.92 Å². The second-order valence-electron chi connectivity index (χ2n) is 13.5. The molecule has 0 aliphatic rings. The van der Waals surface area contributed by atoms with Crippen molar-refractivity contribution in [2.24, 2.45) is 16.2 Å². The van der Waals surface area contributed by atoms with Crippen LogP contribution in [0.15, 0.2) is 34.9 Å². The number of nitroso groups, excluding NO2 is 1. The zero-order valence-corrected chi connectivity index (χ0v) is 33.2. The number of nitrogens with two attached hydrogens (primary N) is 1. The van der Waals surface area contributed by atoms with Crippen molar-refractivity contribution in [1.29, 1.82) is 0 Å². The molecular formula is C35H51N9O13S. The van der Waals surface area contributed by atoms with Crippen LogP contribution in [-0.4, -0.2) is 118 Å². The van der Waals surface area contributed by atoms with Gasteiger partial charge in [0.05, 0.1) is 0 Å². The van der Waals surface area contributed by atoms with Crippen LogP contribution < -0.4 is 43.0 Å². The van der Waals surface area contributed by atoms with E-state index in [0.29, 0.717) is 17.5 Å². The third-order valence-electron chi connectivity index (χ3n) is 8.00. The van der Waals surface area contributed by atoms with Crippen LogP contribution in [-0.2, 0) is 54.4 Å². The molecule has 23 heteroatoms. The number of primary amides is 1. The number of carboxylic acid groups (broad SMARTS) is 2. The van der Waals surface area contributed by atoms with Crippen LogP contribution in [0.4, 0.5) is 0 Å². The number of nitrogens with one attached hydrogen (secondary N) is 7. The first-order chi connectivity index (χ1) is 27.2. The molecule has 1 aromatic rings. The average molecular weight is 838 g/mol. The van der Waals surface area contributed by atoms with E-state index in [9.17, 15) is 52.9 Å². The van der Waals surface area contributed by atoms with Crippen molar-refractivity contribution in [2.75, 3.05) is 12.3 Å². The van der Waals surface area contributed by atoms with E-state index in [-0.39, 0.29) is 31.6 Å². The Morgan fingerprint density at radius 3 is 1.72 bits per heavy atom. The molecule has 0 saturated carbocycles. The lowest BCUT2D eigenvalue weighted by Crippen LogP contribution is -2.60. The van der Waals surface area contributed by atoms with Crippen molar-refractivity contribution in [3.63, 3.8) is 0 Å². The second-order valence-corrected chi connectivity index (χ2v) is 14.2. The van der Waals surface area contributed by atoms with Gasteiger partial charge in [-0.05, 0) is 37.7 Å². The smallest absolute Gasteiger partial charge is 0.322 e. The van der Waals surface area contributed by atoms with Gasteiger partial charge in [-0.1, -0.05) is 44.2 Å². The van der Waals surface area contributed by atoms with Crippen LogP contribution in [0.5, 0.6) is 0 Å². The van der Waals surface area contributed by atoms with Crippen molar-refractivity contribution in [3.05, 3.63) is 40.8 Å². The van der Waals surface area contributed by atoms with Gasteiger partial charge in [0, 0.05) is 48.5 Å². The highest BCUT2D eigenvalue weighted by atomic mass is 32.2. The fourth-order valence-corrected chi connectivity index (χ4v) is 5.61. The van der Waals surface area contributed by atoms with Gasteiger partial charge in [-0.15, -0.1) is 4.91 Å². The van der Waals surface area contributed by atoms with E-state index in [1.54, 1.807) is 44.2 Å². The number of nitrogens with zero attached hydrogens (tertiary/aromatic N) is 1. The molecule has 0 radical (unpaired) electrons. The van der Waals surface area contributed by atoms with Crippen molar-refractivity contribution in [3.8, 4) is 0 Å². The molecule has 11 N–H and O–H groups in total. The zero-order chi connectivity index (χ0) is 43.9. The maximum Gasteiger partial charge on any atom is 0.322 e. The van der Waals surface area contributed by atoms with E-state index in [1.807, 2.05) is 0 Å². The predicted octanol–water partition coefficient (Wildman–Crippen LogP) is -2.03. The Morgan fingerprint density at radius 2 is 1.17 bits per heavy atom. The number of hydrogen-bond acceptors (Lipinski definition) is 13. The maximum absolute atomic E-state index is 13.9. The highest BCUT2D eigenvalue weighted by Gasteiger charge is 2.33. The van der Waals surface area contributed by atoms with Gasteiger partial charge in [0.2, 0.25) is 47.3 Å². The summed E-state index contributed by atoms with van der Waals surface area (Å²) in [6, 6.07) is 0.0785. The molecule has 58 heavy (non-hydrogen) atoms. The van der Waals surface area contributed by atoms with Gasteiger partial charge in [0.15, 0.2) is 0 Å². The highest BCUT2D eigenvalue weighted by molar-refractivity contribution is 7.97. The summed E-state index contributed by atoms with van der Waals surface area (Å²) < 4.78 is 2.58. The minimum atomic E-state index is -1.55. The molecule has 0 unspecified atom stereocenters. The lowest BCUT2D eigenvalue weighted by molar-refractivity contribution is -0.139. The van der Waals surface area contributed by atoms with Crippen molar-refractivity contribution >= 4 is 71.1 Å². The Bertz CT molecular complexity index is 1650. The van der Waals surface area contributed by atoms with E-state index in [4.69, 9.17) is 15.9 Å². The first-order valence-corrected chi connectivity index (χ1v) is 18.9. The van der Waals surface area contributed by atoms with Crippen LogP contribution in [0.25, 0.3) is 0 Å². The molecular weight excluding hydrogens is 787 g/mol. The van der Waals surface area contributed by atoms with Crippen molar-refractivity contribution in [2.45, 2.75) is 102 Å². The molecule has 0 heterocycles. The molecule has 0 saturated heterocycles. The van der Waals surface area contributed by atoms with Gasteiger partial charge < -0.3 is 53.2 Å². The monoisotopic (exact) mass is 837 g/mol. The van der Waals surface area contributed by atoms with Gasteiger partial charge in [0.25, 0.3) is 0 Å². The Hall–Kier alpha value is -6.13. The van der Waals surface area contributed by atoms with E-state index in [0.717, 1.165) is 6.92 Å². The topological polar surface area (TPSA) is 351 Å². The van der Waals surface area contributed by atoms with Crippen LogP contribution >= 0.6 is 11.9 Å². The minimum Gasteiger partial charge on any atom is -0.481 e. The van der Waals surface area contributed by atoms with Crippen molar-refractivity contribution in [1.82, 2.24) is 37.2 Å². The third-order valence-corrected chi connectivity index (χ3v) is 8.59.